The van der Waals surface area contributed by atoms with Crippen LogP contribution in [0.3, 0.4) is 0 Å². The molecule has 0 bridgehead atoms. The molecule has 0 saturated carbocycles. The Bertz CT molecular complexity index is 307. The maximum atomic E-state index is 6.21. The first-order chi connectivity index (χ1) is 8.34. The predicted molar refractivity (Wildman–Crippen MR) is 70.0 cm³/mol. The first-order valence-corrected chi connectivity index (χ1v) is 6.44. The Kier molecular flexibility index (Phi) is 4.98. The minimum Gasteiger partial charge on any atom is -0.380 e. The lowest BCUT2D eigenvalue weighted by Gasteiger charge is -2.23. The Hall–Kier alpha value is -0.900. The first-order valence-electron chi connectivity index (χ1n) is 6.44. The summed E-state index contributed by atoms with van der Waals surface area (Å²) in [7, 11) is 0. The lowest BCUT2D eigenvalue weighted by molar-refractivity contribution is 0.140. The zero-order valence-corrected chi connectivity index (χ0v) is 10.3. The van der Waals surface area contributed by atoms with Crippen LogP contribution < -0.4 is 5.73 Å². The van der Waals surface area contributed by atoms with Gasteiger partial charge in [-0.15, -0.1) is 0 Å². The second-order valence-corrected chi connectivity index (χ2v) is 4.72. The van der Waals surface area contributed by atoms with Crippen molar-refractivity contribution in [3.8, 4) is 0 Å². The van der Waals surface area contributed by atoms with Crippen molar-refractivity contribution in [3.63, 3.8) is 0 Å². The van der Waals surface area contributed by atoms with E-state index in [0.29, 0.717) is 0 Å². The minimum atomic E-state index is 0.218. The van der Waals surface area contributed by atoms with Crippen LogP contribution >= 0.6 is 0 Å². The third kappa shape index (κ3) is 4.46. The summed E-state index contributed by atoms with van der Waals surface area (Å²) in [5.74, 6) is 0. The van der Waals surface area contributed by atoms with Crippen molar-refractivity contribution in [1.82, 2.24) is 4.90 Å². The van der Waals surface area contributed by atoms with E-state index in [-0.39, 0.29) is 6.04 Å². The largest absolute Gasteiger partial charge is 0.380 e. The van der Waals surface area contributed by atoms with Gasteiger partial charge in [0.15, 0.2) is 0 Å². The van der Waals surface area contributed by atoms with E-state index in [2.05, 4.69) is 29.2 Å². The molecule has 0 amide bonds. The summed E-state index contributed by atoms with van der Waals surface area (Å²) in [5.41, 5.74) is 7.53. The molecule has 1 saturated heterocycles. The highest BCUT2D eigenvalue weighted by Crippen LogP contribution is 2.05. The molecule has 0 aliphatic carbocycles. The van der Waals surface area contributed by atoms with E-state index in [1.54, 1.807) is 0 Å². The fraction of sp³-hybridized carbons (Fsp3) is 0.571. The number of benzene rings is 1. The molecule has 0 aromatic heterocycles. The molecule has 17 heavy (non-hydrogen) atoms. The van der Waals surface area contributed by atoms with Crippen molar-refractivity contribution in [2.24, 2.45) is 5.73 Å². The summed E-state index contributed by atoms with van der Waals surface area (Å²) in [5, 5.41) is 0. The van der Waals surface area contributed by atoms with Gasteiger partial charge in [-0.25, -0.2) is 0 Å². The van der Waals surface area contributed by atoms with Gasteiger partial charge in [-0.05, 0) is 18.4 Å². The van der Waals surface area contributed by atoms with Gasteiger partial charge in [-0.3, -0.25) is 4.90 Å². The van der Waals surface area contributed by atoms with Gasteiger partial charge < -0.3 is 10.5 Å². The molecule has 1 aromatic rings. The van der Waals surface area contributed by atoms with Crippen LogP contribution in [0.1, 0.15) is 12.0 Å². The number of nitrogens with zero attached hydrogens (tertiary/aromatic N) is 1. The highest BCUT2D eigenvalue weighted by Gasteiger charge is 2.13. The van der Waals surface area contributed by atoms with Gasteiger partial charge in [-0.2, -0.15) is 0 Å². The summed E-state index contributed by atoms with van der Waals surface area (Å²) in [6, 6.07) is 10.7. The van der Waals surface area contributed by atoms with Crippen LogP contribution in [0, 0.1) is 0 Å². The Labute approximate surface area is 104 Å². The Balaban J connectivity index is 1.78. The molecule has 1 aliphatic heterocycles. The van der Waals surface area contributed by atoms with Crippen molar-refractivity contribution in [1.29, 1.82) is 0 Å². The fourth-order valence-electron chi connectivity index (χ4n) is 2.29. The van der Waals surface area contributed by atoms with E-state index in [9.17, 15) is 0 Å². The molecule has 2 rings (SSSR count). The van der Waals surface area contributed by atoms with E-state index in [1.807, 2.05) is 6.07 Å². The third-order valence-electron chi connectivity index (χ3n) is 3.15. The van der Waals surface area contributed by atoms with Crippen molar-refractivity contribution in [2.45, 2.75) is 18.9 Å². The van der Waals surface area contributed by atoms with Gasteiger partial charge in [0.25, 0.3) is 0 Å². The Morgan fingerprint density at radius 3 is 2.82 bits per heavy atom. The van der Waals surface area contributed by atoms with Crippen molar-refractivity contribution >= 4 is 0 Å². The molecule has 3 heteroatoms. The standard InChI is InChI=1S/C14H22N2O/c15-14(11-13-5-2-1-3-6-13)12-16-7-4-9-17-10-8-16/h1-3,5-6,14H,4,7-12,15H2. The van der Waals surface area contributed by atoms with Gasteiger partial charge in [0, 0.05) is 32.3 Å². The second-order valence-electron chi connectivity index (χ2n) is 4.72. The van der Waals surface area contributed by atoms with E-state index in [1.165, 1.54) is 5.56 Å². The van der Waals surface area contributed by atoms with Gasteiger partial charge in [0.05, 0.1) is 6.61 Å². The van der Waals surface area contributed by atoms with Crippen LogP contribution in [-0.2, 0) is 11.2 Å². The molecule has 1 fully saturated rings. The van der Waals surface area contributed by atoms with Gasteiger partial charge in [0.1, 0.15) is 0 Å². The smallest absolute Gasteiger partial charge is 0.0593 e. The summed E-state index contributed by atoms with van der Waals surface area (Å²) >= 11 is 0. The molecule has 1 atom stereocenters. The van der Waals surface area contributed by atoms with Crippen LogP contribution in [0.5, 0.6) is 0 Å². The maximum absolute atomic E-state index is 6.21. The van der Waals surface area contributed by atoms with E-state index < -0.39 is 0 Å². The molecule has 1 aliphatic rings. The van der Waals surface area contributed by atoms with Crippen molar-refractivity contribution in [2.75, 3.05) is 32.8 Å². The summed E-state index contributed by atoms with van der Waals surface area (Å²) in [4.78, 5) is 2.42. The van der Waals surface area contributed by atoms with E-state index in [0.717, 1.165) is 45.7 Å². The summed E-state index contributed by atoms with van der Waals surface area (Å²) < 4.78 is 5.44. The molecule has 0 radical (unpaired) electrons. The third-order valence-corrected chi connectivity index (χ3v) is 3.15. The minimum absolute atomic E-state index is 0.218. The fourth-order valence-corrected chi connectivity index (χ4v) is 2.29. The zero-order valence-electron chi connectivity index (χ0n) is 10.3. The van der Waals surface area contributed by atoms with Crippen LogP contribution in [0.25, 0.3) is 0 Å². The molecular weight excluding hydrogens is 212 g/mol. The number of ether oxygens (including phenoxy) is 1. The molecule has 0 spiro atoms. The van der Waals surface area contributed by atoms with Crippen LogP contribution in [0.15, 0.2) is 30.3 Å². The molecule has 1 unspecified atom stereocenters. The number of rotatable bonds is 4. The van der Waals surface area contributed by atoms with Crippen molar-refractivity contribution in [3.05, 3.63) is 35.9 Å². The topological polar surface area (TPSA) is 38.5 Å². The molecule has 1 aromatic carbocycles. The SMILES string of the molecule is NC(Cc1ccccc1)CN1CCCOCC1. The molecular formula is C14H22N2O. The van der Waals surface area contributed by atoms with E-state index >= 15 is 0 Å². The highest BCUT2D eigenvalue weighted by molar-refractivity contribution is 5.15. The number of hydrogen-bond donors (Lipinski definition) is 1. The summed E-state index contributed by atoms with van der Waals surface area (Å²) in [6.45, 7) is 4.84. The summed E-state index contributed by atoms with van der Waals surface area (Å²) in [6.07, 6.45) is 2.08. The van der Waals surface area contributed by atoms with Gasteiger partial charge in [-0.1, -0.05) is 30.3 Å². The van der Waals surface area contributed by atoms with Gasteiger partial charge in [0.2, 0.25) is 0 Å². The molecule has 3 nitrogen and oxygen atoms in total. The maximum Gasteiger partial charge on any atom is 0.0593 e. The monoisotopic (exact) mass is 234 g/mol. The van der Waals surface area contributed by atoms with Crippen LogP contribution in [0.4, 0.5) is 0 Å². The molecule has 2 N–H and O–H groups in total. The lowest BCUT2D eigenvalue weighted by atomic mass is 10.1. The number of nitrogens with two attached hydrogens (primary N) is 1. The quantitative estimate of drug-likeness (QED) is 0.853. The first kappa shape index (κ1) is 12.6. The van der Waals surface area contributed by atoms with Gasteiger partial charge >= 0.3 is 0 Å². The van der Waals surface area contributed by atoms with Crippen LogP contribution in [0.2, 0.25) is 0 Å². The van der Waals surface area contributed by atoms with E-state index in [4.69, 9.17) is 10.5 Å². The Morgan fingerprint density at radius 1 is 1.18 bits per heavy atom. The average Bonchev–Trinajstić information content (AvgIpc) is 2.59. The zero-order chi connectivity index (χ0) is 11.9. The number of hydrogen-bond acceptors (Lipinski definition) is 3. The highest BCUT2D eigenvalue weighted by atomic mass is 16.5. The molecule has 1 heterocycles. The molecule has 94 valence electrons. The van der Waals surface area contributed by atoms with Crippen LogP contribution in [-0.4, -0.2) is 43.8 Å². The van der Waals surface area contributed by atoms with Crippen molar-refractivity contribution < 1.29 is 4.74 Å². The normalized spacial score (nSPS) is 19.8. The predicted octanol–water partition coefficient (Wildman–Crippen LogP) is 1.28. The Morgan fingerprint density at radius 2 is 2.00 bits per heavy atom. The lowest BCUT2D eigenvalue weighted by Crippen LogP contribution is -2.40. The second kappa shape index (κ2) is 6.74. The average molecular weight is 234 g/mol.